The van der Waals surface area contributed by atoms with Crippen LogP contribution in [0, 0.1) is 5.92 Å². The summed E-state index contributed by atoms with van der Waals surface area (Å²) in [6, 6.07) is 8.94. The Morgan fingerprint density at radius 1 is 0.884 bits per heavy atom. The monoisotopic (exact) mass is 590 g/mol. The Labute approximate surface area is 252 Å². The molecule has 0 radical (unpaired) electrons. The molecule has 8 heteroatoms. The summed E-state index contributed by atoms with van der Waals surface area (Å²) >= 11 is 0. The van der Waals surface area contributed by atoms with Crippen LogP contribution in [0.4, 0.5) is 0 Å². The van der Waals surface area contributed by atoms with Crippen LogP contribution in [0.2, 0.25) is 0 Å². The second-order valence-corrected chi connectivity index (χ2v) is 12.6. The summed E-state index contributed by atoms with van der Waals surface area (Å²) in [6.45, 7) is 4.43. The van der Waals surface area contributed by atoms with Crippen LogP contribution >= 0.6 is 0 Å². The minimum Gasteiger partial charge on any atom is -0.508 e. The summed E-state index contributed by atoms with van der Waals surface area (Å²) in [5.74, 6) is 1.76. The van der Waals surface area contributed by atoms with Crippen molar-refractivity contribution in [2.45, 2.75) is 89.4 Å². The second kappa shape index (κ2) is 11.7. The average molecular weight is 591 g/mol. The first-order valence-electron chi connectivity index (χ1n) is 15.4. The number of benzene rings is 3. The largest absolute Gasteiger partial charge is 0.508 e. The van der Waals surface area contributed by atoms with Crippen molar-refractivity contribution in [3.8, 4) is 51.4 Å². The van der Waals surface area contributed by atoms with Gasteiger partial charge in [0.25, 0.3) is 0 Å². The van der Waals surface area contributed by atoms with Gasteiger partial charge in [-0.3, -0.25) is 0 Å². The van der Waals surface area contributed by atoms with Gasteiger partial charge in [0.05, 0.1) is 26.4 Å². The molecule has 8 nitrogen and oxygen atoms in total. The Bertz CT molecular complexity index is 1510. The molecule has 0 amide bonds. The third kappa shape index (κ3) is 5.30. The Balaban J connectivity index is 1.42. The number of aliphatic hydroxyl groups excluding tert-OH is 1. The van der Waals surface area contributed by atoms with E-state index in [-0.39, 0.29) is 46.3 Å². The van der Waals surface area contributed by atoms with E-state index in [0.717, 1.165) is 72.8 Å². The lowest BCUT2D eigenvalue weighted by atomic mass is 9.73. The predicted molar refractivity (Wildman–Crippen MR) is 163 cm³/mol. The van der Waals surface area contributed by atoms with E-state index in [9.17, 15) is 20.4 Å². The smallest absolute Gasteiger partial charge is 0.207 e. The summed E-state index contributed by atoms with van der Waals surface area (Å²) in [4.78, 5) is 0. The van der Waals surface area contributed by atoms with Crippen LogP contribution < -0.4 is 18.9 Å². The van der Waals surface area contributed by atoms with Gasteiger partial charge in [-0.1, -0.05) is 26.3 Å². The van der Waals surface area contributed by atoms with Gasteiger partial charge in [-0.25, -0.2) is 0 Å². The fourth-order valence-corrected chi connectivity index (χ4v) is 7.12. The molecule has 3 aromatic rings. The molecule has 1 saturated carbocycles. The molecule has 3 aliphatic rings. The fraction of sp³-hybridized carbons (Fsp3) is 0.486. The standard InChI is InChI=1S/C35H42O8/c1-18(2)9-10-19-13-25-24-15-27(37)34(26-16-30(42-21-7-5-6-8-21)33(39)35(41-4)32(26)38)43-28(24)17-29(40-3)31(25)22-12-11-20(36)14-23(19)22/h11-12,14,16-19,21,27,34,36-39H,5-10,13,15H2,1-4H3/t19-,27+,34-/m0/s1. The second-order valence-electron chi connectivity index (χ2n) is 12.6. The average Bonchev–Trinajstić information content (AvgIpc) is 3.50. The Morgan fingerprint density at radius 3 is 2.35 bits per heavy atom. The molecule has 2 aliphatic carbocycles. The van der Waals surface area contributed by atoms with Crippen molar-refractivity contribution in [1.82, 2.24) is 0 Å². The van der Waals surface area contributed by atoms with Gasteiger partial charge in [-0.2, -0.15) is 0 Å². The normalized spacial score (nSPS) is 21.1. The van der Waals surface area contributed by atoms with E-state index in [4.69, 9.17) is 18.9 Å². The summed E-state index contributed by atoms with van der Waals surface area (Å²) < 4.78 is 23.9. The molecule has 0 spiro atoms. The quantitative estimate of drug-likeness (QED) is 0.223. The topological polar surface area (TPSA) is 118 Å². The number of phenols is 3. The molecule has 0 unspecified atom stereocenters. The van der Waals surface area contributed by atoms with Crippen molar-refractivity contribution in [3.63, 3.8) is 0 Å². The minimum atomic E-state index is -0.986. The molecule has 1 heterocycles. The summed E-state index contributed by atoms with van der Waals surface area (Å²) in [7, 11) is 3.00. The third-order valence-corrected chi connectivity index (χ3v) is 9.33. The van der Waals surface area contributed by atoms with Gasteiger partial charge in [-0.15, -0.1) is 0 Å². The number of methoxy groups -OCH3 is 2. The van der Waals surface area contributed by atoms with Crippen molar-refractivity contribution in [1.29, 1.82) is 0 Å². The molecule has 0 aromatic heterocycles. The maximum Gasteiger partial charge on any atom is 0.207 e. The maximum absolute atomic E-state index is 11.6. The highest BCUT2D eigenvalue weighted by Gasteiger charge is 2.39. The molecule has 230 valence electrons. The molecule has 4 N–H and O–H groups in total. The van der Waals surface area contributed by atoms with Gasteiger partial charge in [0.2, 0.25) is 11.5 Å². The number of aromatic hydroxyl groups is 3. The van der Waals surface area contributed by atoms with Gasteiger partial charge in [-0.05, 0) is 85.3 Å². The lowest BCUT2D eigenvalue weighted by molar-refractivity contribution is 0.0186. The summed E-state index contributed by atoms with van der Waals surface area (Å²) in [6.07, 6.45) is 5.01. The first kappa shape index (κ1) is 29.3. The molecule has 6 rings (SSSR count). The Kier molecular flexibility index (Phi) is 7.98. The van der Waals surface area contributed by atoms with Crippen LogP contribution in [0.15, 0.2) is 30.3 Å². The van der Waals surface area contributed by atoms with Crippen LogP contribution in [0.3, 0.4) is 0 Å². The van der Waals surface area contributed by atoms with E-state index in [1.807, 2.05) is 18.2 Å². The lowest BCUT2D eigenvalue weighted by Gasteiger charge is -2.37. The van der Waals surface area contributed by atoms with Gasteiger partial charge in [0, 0.05) is 29.2 Å². The number of fused-ring (bicyclic) bond motifs is 5. The lowest BCUT2D eigenvalue weighted by Crippen LogP contribution is -2.32. The molecular formula is C35H42O8. The van der Waals surface area contributed by atoms with E-state index < -0.39 is 12.2 Å². The number of phenolic OH excluding ortho intramolecular Hbond substituents is 3. The SMILES string of the molecule is COc1cc2c(c3c1-c1ccc(O)cc1[C@@H](CCC(C)C)C3)C[C@@H](O)[C@H](c1cc(OC3CCCC3)c(O)c(OC)c1O)O2. The van der Waals surface area contributed by atoms with Gasteiger partial charge >= 0.3 is 0 Å². The zero-order chi connectivity index (χ0) is 30.4. The van der Waals surface area contributed by atoms with Crippen molar-refractivity contribution >= 4 is 0 Å². The highest BCUT2D eigenvalue weighted by molar-refractivity contribution is 5.82. The van der Waals surface area contributed by atoms with Crippen LogP contribution in [-0.4, -0.2) is 46.9 Å². The minimum absolute atomic E-state index is 0.0323. The molecule has 3 atom stereocenters. The first-order valence-corrected chi connectivity index (χ1v) is 15.4. The zero-order valence-corrected chi connectivity index (χ0v) is 25.4. The predicted octanol–water partition coefficient (Wildman–Crippen LogP) is 6.92. The number of hydrogen-bond acceptors (Lipinski definition) is 8. The summed E-state index contributed by atoms with van der Waals surface area (Å²) in [5, 5.41) is 43.9. The molecule has 0 saturated heterocycles. The van der Waals surface area contributed by atoms with Gasteiger partial charge in [0.15, 0.2) is 17.6 Å². The van der Waals surface area contributed by atoms with Crippen LogP contribution in [0.1, 0.15) is 86.6 Å². The van der Waals surface area contributed by atoms with Gasteiger partial charge < -0.3 is 39.4 Å². The Hall–Kier alpha value is -3.78. The highest BCUT2D eigenvalue weighted by atomic mass is 16.5. The number of rotatable bonds is 8. The zero-order valence-electron chi connectivity index (χ0n) is 25.4. The molecule has 1 fully saturated rings. The van der Waals surface area contributed by atoms with E-state index in [2.05, 4.69) is 13.8 Å². The van der Waals surface area contributed by atoms with Crippen LogP contribution in [0.5, 0.6) is 40.2 Å². The van der Waals surface area contributed by atoms with E-state index >= 15 is 0 Å². The molecule has 3 aromatic carbocycles. The highest BCUT2D eigenvalue weighted by Crippen LogP contribution is 2.54. The number of ether oxygens (including phenoxy) is 4. The van der Waals surface area contributed by atoms with E-state index in [1.165, 1.54) is 7.11 Å². The number of aliphatic hydroxyl groups is 1. The van der Waals surface area contributed by atoms with Crippen molar-refractivity contribution in [2.24, 2.45) is 5.92 Å². The van der Waals surface area contributed by atoms with E-state index in [0.29, 0.717) is 23.8 Å². The third-order valence-electron chi connectivity index (χ3n) is 9.33. The molecular weight excluding hydrogens is 548 g/mol. The van der Waals surface area contributed by atoms with Crippen molar-refractivity contribution < 1.29 is 39.4 Å². The number of hydrogen-bond donors (Lipinski definition) is 4. The van der Waals surface area contributed by atoms with Crippen LogP contribution in [0.25, 0.3) is 11.1 Å². The van der Waals surface area contributed by atoms with Crippen molar-refractivity contribution in [2.75, 3.05) is 14.2 Å². The first-order chi connectivity index (χ1) is 20.7. The molecule has 0 bridgehead atoms. The van der Waals surface area contributed by atoms with Crippen molar-refractivity contribution in [3.05, 3.63) is 52.6 Å². The van der Waals surface area contributed by atoms with Crippen LogP contribution in [-0.2, 0) is 12.8 Å². The fourth-order valence-electron chi connectivity index (χ4n) is 7.12. The van der Waals surface area contributed by atoms with Gasteiger partial charge in [0.1, 0.15) is 17.2 Å². The Morgan fingerprint density at radius 2 is 1.65 bits per heavy atom. The van der Waals surface area contributed by atoms with E-state index in [1.54, 1.807) is 19.2 Å². The maximum atomic E-state index is 11.6. The molecule has 43 heavy (non-hydrogen) atoms. The summed E-state index contributed by atoms with van der Waals surface area (Å²) in [5.41, 5.74) is 5.38. The molecule has 1 aliphatic heterocycles.